The summed E-state index contributed by atoms with van der Waals surface area (Å²) in [5.41, 5.74) is 2.12. The van der Waals surface area contributed by atoms with Crippen LogP contribution in [-0.2, 0) is 6.54 Å². The van der Waals surface area contributed by atoms with Crippen LogP contribution in [0.4, 0.5) is 0 Å². The molecule has 0 aliphatic heterocycles. The van der Waals surface area contributed by atoms with E-state index in [0.717, 1.165) is 40.4 Å². The summed E-state index contributed by atoms with van der Waals surface area (Å²) >= 11 is 6.18. The lowest BCUT2D eigenvalue weighted by atomic mass is 10.1. The first-order valence-electron chi connectivity index (χ1n) is 7.15. The number of hydrogen-bond donors (Lipinski definition) is 2. The van der Waals surface area contributed by atoms with E-state index < -0.39 is 0 Å². The molecule has 0 saturated heterocycles. The van der Waals surface area contributed by atoms with Crippen LogP contribution in [0.3, 0.4) is 0 Å². The van der Waals surface area contributed by atoms with Gasteiger partial charge in [-0.2, -0.15) is 0 Å². The van der Waals surface area contributed by atoms with Crippen molar-refractivity contribution in [3.05, 3.63) is 41.0 Å². The van der Waals surface area contributed by atoms with Crippen molar-refractivity contribution >= 4 is 22.5 Å². The maximum atomic E-state index is 9.15. The molecular formula is C16H19ClN2O. The molecule has 1 aliphatic rings. The van der Waals surface area contributed by atoms with Crippen molar-refractivity contribution in [2.75, 3.05) is 6.61 Å². The van der Waals surface area contributed by atoms with Crippen molar-refractivity contribution in [3.63, 3.8) is 0 Å². The van der Waals surface area contributed by atoms with Crippen molar-refractivity contribution in [1.82, 2.24) is 10.3 Å². The SMILES string of the molecule is OCCC(NCc1cc(Cl)cc2cccnc12)C1CC1. The predicted octanol–water partition coefficient (Wildman–Crippen LogP) is 3.14. The first-order valence-corrected chi connectivity index (χ1v) is 7.53. The van der Waals surface area contributed by atoms with Gasteiger partial charge in [0.1, 0.15) is 0 Å². The Bertz CT molecular complexity index is 598. The number of nitrogens with one attached hydrogen (secondary N) is 1. The quantitative estimate of drug-likeness (QED) is 0.859. The van der Waals surface area contributed by atoms with Crippen LogP contribution in [0, 0.1) is 5.92 Å². The first-order chi connectivity index (χ1) is 9.78. The molecule has 1 heterocycles. The average Bonchev–Trinajstić information content (AvgIpc) is 3.27. The number of aliphatic hydroxyl groups is 1. The van der Waals surface area contributed by atoms with Crippen molar-refractivity contribution in [1.29, 1.82) is 0 Å². The second kappa shape index (κ2) is 6.08. The van der Waals surface area contributed by atoms with Crippen LogP contribution in [0.1, 0.15) is 24.8 Å². The van der Waals surface area contributed by atoms with Gasteiger partial charge in [0, 0.05) is 35.8 Å². The molecule has 1 unspecified atom stereocenters. The summed E-state index contributed by atoms with van der Waals surface area (Å²) in [4.78, 5) is 4.46. The van der Waals surface area contributed by atoms with Gasteiger partial charge in [0.05, 0.1) is 5.52 Å². The number of benzene rings is 1. The first kappa shape index (κ1) is 13.8. The maximum absolute atomic E-state index is 9.15. The summed E-state index contributed by atoms with van der Waals surface area (Å²) in [7, 11) is 0. The minimum Gasteiger partial charge on any atom is -0.396 e. The van der Waals surface area contributed by atoms with Crippen LogP contribution in [0.25, 0.3) is 10.9 Å². The molecule has 2 N–H and O–H groups in total. The van der Waals surface area contributed by atoms with Crippen LogP contribution in [-0.4, -0.2) is 22.7 Å². The number of hydrogen-bond acceptors (Lipinski definition) is 3. The number of rotatable bonds is 6. The lowest BCUT2D eigenvalue weighted by Crippen LogP contribution is -2.31. The number of fused-ring (bicyclic) bond motifs is 1. The maximum Gasteiger partial charge on any atom is 0.0747 e. The number of aromatic nitrogens is 1. The van der Waals surface area contributed by atoms with Gasteiger partial charge >= 0.3 is 0 Å². The molecule has 106 valence electrons. The Hall–Kier alpha value is -1.16. The van der Waals surface area contributed by atoms with Crippen molar-refractivity contribution in [2.24, 2.45) is 5.92 Å². The topological polar surface area (TPSA) is 45.1 Å². The normalized spacial score (nSPS) is 16.5. The largest absolute Gasteiger partial charge is 0.396 e. The molecule has 3 nitrogen and oxygen atoms in total. The summed E-state index contributed by atoms with van der Waals surface area (Å²) in [5, 5.41) is 14.5. The fraction of sp³-hybridized carbons (Fsp3) is 0.438. The fourth-order valence-corrected chi connectivity index (χ4v) is 2.99. The number of pyridine rings is 1. The molecule has 0 bridgehead atoms. The average molecular weight is 291 g/mol. The summed E-state index contributed by atoms with van der Waals surface area (Å²) in [6.07, 6.45) is 5.17. The van der Waals surface area contributed by atoms with Gasteiger partial charge in [0.15, 0.2) is 0 Å². The molecule has 1 aromatic heterocycles. The second-order valence-corrected chi connectivity index (χ2v) is 5.91. The summed E-state index contributed by atoms with van der Waals surface area (Å²) in [6.45, 7) is 0.984. The molecule has 1 aromatic carbocycles. The molecule has 0 amide bonds. The Morgan fingerprint density at radius 3 is 3.00 bits per heavy atom. The van der Waals surface area contributed by atoms with E-state index in [1.54, 1.807) is 0 Å². The molecule has 0 spiro atoms. The zero-order valence-electron chi connectivity index (χ0n) is 11.3. The Balaban J connectivity index is 1.79. The highest BCUT2D eigenvalue weighted by molar-refractivity contribution is 6.31. The number of nitrogens with zero attached hydrogens (tertiary/aromatic N) is 1. The molecule has 2 aromatic rings. The standard InChI is InChI=1S/C16H19ClN2O/c17-14-8-12-2-1-6-18-16(12)13(9-14)10-19-15(5-7-20)11-3-4-11/h1-2,6,8-9,11,15,19-20H,3-5,7,10H2. The second-order valence-electron chi connectivity index (χ2n) is 5.48. The third-order valence-electron chi connectivity index (χ3n) is 3.93. The highest BCUT2D eigenvalue weighted by Crippen LogP contribution is 2.34. The third-order valence-corrected chi connectivity index (χ3v) is 4.15. The van der Waals surface area contributed by atoms with E-state index in [4.69, 9.17) is 16.7 Å². The van der Waals surface area contributed by atoms with Crippen molar-refractivity contribution < 1.29 is 5.11 Å². The van der Waals surface area contributed by atoms with Gasteiger partial charge in [-0.25, -0.2) is 0 Å². The molecule has 1 aliphatic carbocycles. The van der Waals surface area contributed by atoms with E-state index in [0.29, 0.717) is 6.04 Å². The van der Waals surface area contributed by atoms with Gasteiger partial charge in [-0.1, -0.05) is 17.7 Å². The molecule has 4 heteroatoms. The van der Waals surface area contributed by atoms with Crippen LogP contribution < -0.4 is 5.32 Å². The van der Waals surface area contributed by atoms with Gasteiger partial charge in [0.25, 0.3) is 0 Å². The molecular weight excluding hydrogens is 272 g/mol. The molecule has 1 saturated carbocycles. The van der Waals surface area contributed by atoms with Gasteiger partial charge in [-0.05, 0) is 48.9 Å². The Morgan fingerprint density at radius 2 is 2.25 bits per heavy atom. The van der Waals surface area contributed by atoms with E-state index in [9.17, 15) is 0 Å². The molecule has 1 atom stereocenters. The van der Waals surface area contributed by atoms with Gasteiger partial charge in [-0.15, -0.1) is 0 Å². The summed E-state index contributed by atoms with van der Waals surface area (Å²) < 4.78 is 0. The zero-order chi connectivity index (χ0) is 13.9. The minimum atomic E-state index is 0.239. The molecule has 1 fully saturated rings. The van der Waals surface area contributed by atoms with Crippen LogP contribution in [0.15, 0.2) is 30.5 Å². The molecule has 3 rings (SSSR count). The predicted molar refractivity (Wildman–Crippen MR) is 81.8 cm³/mol. The van der Waals surface area contributed by atoms with Gasteiger partial charge in [0.2, 0.25) is 0 Å². The monoisotopic (exact) mass is 290 g/mol. The van der Waals surface area contributed by atoms with Crippen LogP contribution >= 0.6 is 11.6 Å². The Kier molecular flexibility index (Phi) is 4.20. The van der Waals surface area contributed by atoms with E-state index >= 15 is 0 Å². The zero-order valence-corrected chi connectivity index (χ0v) is 12.1. The summed E-state index contributed by atoms with van der Waals surface area (Å²) in [6, 6.07) is 8.28. The Morgan fingerprint density at radius 1 is 1.40 bits per heavy atom. The molecule has 0 radical (unpaired) electrons. The van der Waals surface area contributed by atoms with E-state index in [1.165, 1.54) is 12.8 Å². The van der Waals surface area contributed by atoms with Crippen molar-refractivity contribution in [3.8, 4) is 0 Å². The Labute approximate surface area is 124 Å². The highest BCUT2D eigenvalue weighted by Gasteiger charge is 2.30. The van der Waals surface area contributed by atoms with Gasteiger partial charge in [-0.3, -0.25) is 4.98 Å². The smallest absolute Gasteiger partial charge is 0.0747 e. The van der Waals surface area contributed by atoms with Gasteiger partial charge < -0.3 is 10.4 Å². The lowest BCUT2D eigenvalue weighted by Gasteiger charge is -2.17. The number of halogens is 1. The van der Waals surface area contributed by atoms with Crippen LogP contribution in [0.2, 0.25) is 5.02 Å². The van der Waals surface area contributed by atoms with E-state index in [1.807, 2.05) is 30.5 Å². The highest BCUT2D eigenvalue weighted by atomic mass is 35.5. The fourth-order valence-electron chi connectivity index (χ4n) is 2.75. The minimum absolute atomic E-state index is 0.239. The van der Waals surface area contributed by atoms with Crippen LogP contribution in [0.5, 0.6) is 0 Å². The number of aliphatic hydroxyl groups excluding tert-OH is 1. The third kappa shape index (κ3) is 3.11. The van der Waals surface area contributed by atoms with E-state index in [-0.39, 0.29) is 6.61 Å². The van der Waals surface area contributed by atoms with Crippen molar-refractivity contribution in [2.45, 2.75) is 31.8 Å². The lowest BCUT2D eigenvalue weighted by molar-refractivity contribution is 0.256. The van der Waals surface area contributed by atoms with E-state index in [2.05, 4.69) is 10.3 Å². The molecule has 20 heavy (non-hydrogen) atoms. The summed E-state index contributed by atoms with van der Waals surface area (Å²) in [5.74, 6) is 0.723.